The van der Waals surface area contributed by atoms with Crippen LogP contribution in [0.5, 0.6) is 0 Å². The summed E-state index contributed by atoms with van der Waals surface area (Å²) in [6.07, 6.45) is 0. The van der Waals surface area contributed by atoms with Gasteiger partial charge in [-0.25, -0.2) is 20.0 Å². The van der Waals surface area contributed by atoms with Crippen LogP contribution < -0.4 is 0 Å². The van der Waals surface area contributed by atoms with Crippen LogP contribution in [0.25, 0.3) is 21.8 Å². The quantitative estimate of drug-likeness (QED) is 0.393. The fraction of sp³-hybridized carbons (Fsp3) is 0. The Morgan fingerprint density at radius 2 is 1.00 bits per heavy atom. The highest BCUT2D eigenvalue weighted by molar-refractivity contribution is 6.72. The summed E-state index contributed by atoms with van der Waals surface area (Å²) < 4.78 is 0. The molecule has 4 aromatic rings. The van der Waals surface area contributed by atoms with E-state index in [1.807, 2.05) is 60.7 Å². The van der Waals surface area contributed by atoms with E-state index >= 15 is 0 Å². The maximum Gasteiger partial charge on any atom is 0.164 e. The molecule has 0 fully saturated rings. The lowest BCUT2D eigenvalue weighted by atomic mass is 10.1. The van der Waals surface area contributed by atoms with Gasteiger partial charge in [0.25, 0.3) is 0 Å². The first-order valence-corrected chi connectivity index (χ1v) is 8.73. The zero-order chi connectivity index (χ0) is 17.7. The number of fused-ring (bicyclic) bond motifs is 4. The Hall–Kier alpha value is -2.82. The summed E-state index contributed by atoms with van der Waals surface area (Å²) in [5.41, 5.74) is 2.90. The Morgan fingerprint density at radius 1 is 0.577 bits per heavy atom. The van der Waals surface area contributed by atoms with Crippen LogP contribution >= 0.6 is 23.2 Å². The van der Waals surface area contributed by atoms with Gasteiger partial charge in [-0.15, -0.1) is 0 Å². The molecular weight excluding hydrogens is 367 g/mol. The molecule has 3 heterocycles. The average Bonchev–Trinajstić information content (AvgIpc) is 2.66. The monoisotopic (exact) mass is 376 g/mol. The first kappa shape index (κ1) is 15.4. The van der Waals surface area contributed by atoms with Gasteiger partial charge < -0.3 is 0 Å². The first-order chi connectivity index (χ1) is 12.7. The van der Waals surface area contributed by atoms with E-state index in [2.05, 4.69) is 20.0 Å². The van der Waals surface area contributed by atoms with Gasteiger partial charge in [-0.2, -0.15) is 0 Å². The molecule has 0 N–H and O–H groups in total. The van der Waals surface area contributed by atoms with E-state index in [-0.39, 0.29) is 10.3 Å². The highest BCUT2D eigenvalue weighted by atomic mass is 35.5. The summed E-state index contributed by atoms with van der Waals surface area (Å²) in [5.74, 6) is 0.891. The topological polar surface area (TPSA) is 50.5 Å². The Balaban J connectivity index is 1.82. The molecule has 0 radical (unpaired) electrons. The van der Waals surface area contributed by atoms with Crippen LogP contribution in [0.4, 0.5) is 11.6 Å². The summed E-state index contributed by atoms with van der Waals surface area (Å²) in [7, 11) is 0. The second-order valence-electron chi connectivity index (χ2n) is 5.91. The number of hydrogen-bond acceptors (Lipinski definition) is 4. The standard InChI is InChI=1S/C20H10Cl2N4/c21-17-13-9-11-5-1-3-7-15(11)23-19(13)26-18(22)14-10-12-6-2-4-8-16(12)24-20(14)25-17/h1-10H/b17-13?,18-14?,25-17+,25-20?,26-18+,26-19?. The van der Waals surface area contributed by atoms with Gasteiger partial charge in [0, 0.05) is 10.8 Å². The molecule has 4 nitrogen and oxygen atoms in total. The largest absolute Gasteiger partial charge is 0.228 e. The highest BCUT2D eigenvalue weighted by Gasteiger charge is 2.19. The fourth-order valence-corrected chi connectivity index (χ4v) is 3.43. The van der Waals surface area contributed by atoms with Crippen molar-refractivity contribution in [1.29, 1.82) is 0 Å². The molecule has 1 aliphatic heterocycles. The predicted octanol–water partition coefficient (Wildman–Crippen LogP) is 5.73. The molecule has 0 spiro atoms. The average molecular weight is 377 g/mol. The van der Waals surface area contributed by atoms with Crippen LogP contribution in [0.15, 0.2) is 70.6 Å². The highest BCUT2D eigenvalue weighted by Crippen LogP contribution is 2.32. The number of aromatic nitrogens is 2. The van der Waals surface area contributed by atoms with E-state index in [1.165, 1.54) is 0 Å². The van der Waals surface area contributed by atoms with Gasteiger partial charge >= 0.3 is 0 Å². The molecule has 124 valence electrons. The number of rotatable bonds is 0. The third-order valence-corrected chi connectivity index (χ3v) is 4.84. The summed E-state index contributed by atoms with van der Waals surface area (Å²) >= 11 is 13.0. The number of aliphatic imine (C=N–C) groups is 2. The van der Waals surface area contributed by atoms with E-state index in [0.717, 1.165) is 21.8 Å². The maximum atomic E-state index is 6.51. The van der Waals surface area contributed by atoms with Gasteiger partial charge in [0.15, 0.2) is 11.6 Å². The zero-order valence-electron chi connectivity index (χ0n) is 13.3. The van der Waals surface area contributed by atoms with Crippen LogP contribution in [-0.2, 0) is 0 Å². The third kappa shape index (κ3) is 2.46. The van der Waals surface area contributed by atoms with Gasteiger partial charge in [-0.1, -0.05) is 59.6 Å². The van der Waals surface area contributed by atoms with Crippen molar-refractivity contribution in [2.75, 3.05) is 0 Å². The van der Waals surface area contributed by atoms with Crippen LogP contribution in [0.1, 0.15) is 11.1 Å². The molecule has 6 heteroatoms. The summed E-state index contributed by atoms with van der Waals surface area (Å²) in [4.78, 5) is 18.2. The minimum atomic E-state index is 0.287. The van der Waals surface area contributed by atoms with E-state index in [4.69, 9.17) is 23.2 Å². The van der Waals surface area contributed by atoms with E-state index < -0.39 is 0 Å². The first-order valence-electron chi connectivity index (χ1n) is 7.98. The molecule has 0 saturated heterocycles. The molecular formula is C20H10Cl2N4. The van der Waals surface area contributed by atoms with Crippen LogP contribution in [-0.4, -0.2) is 20.3 Å². The van der Waals surface area contributed by atoms with Crippen molar-refractivity contribution in [3.05, 3.63) is 71.8 Å². The maximum absolute atomic E-state index is 6.51. The molecule has 0 amide bonds. The normalized spacial score (nSPS) is 17.5. The van der Waals surface area contributed by atoms with Gasteiger partial charge in [0.1, 0.15) is 10.3 Å². The smallest absolute Gasteiger partial charge is 0.164 e. The number of nitrogens with zero attached hydrogens (tertiary/aromatic N) is 4. The summed E-state index contributed by atoms with van der Waals surface area (Å²) in [5, 5.41) is 2.49. The van der Waals surface area contributed by atoms with Crippen molar-refractivity contribution in [1.82, 2.24) is 9.97 Å². The van der Waals surface area contributed by atoms with Crippen molar-refractivity contribution in [2.45, 2.75) is 0 Å². The number of benzene rings is 2. The molecule has 0 bridgehead atoms. The fourth-order valence-electron chi connectivity index (χ4n) is 2.99. The molecule has 5 rings (SSSR count). The summed E-state index contributed by atoms with van der Waals surface area (Å²) in [6, 6.07) is 19.4. The number of hydrogen-bond donors (Lipinski definition) is 0. The molecule has 0 unspecified atom stereocenters. The number of halogens is 2. The van der Waals surface area contributed by atoms with E-state index in [9.17, 15) is 0 Å². The molecule has 0 atom stereocenters. The molecule has 0 aliphatic carbocycles. The second kappa shape index (κ2) is 5.87. The van der Waals surface area contributed by atoms with Crippen molar-refractivity contribution in [3.8, 4) is 0 Å². The van der Waals surface area contributed by atoms with Crippen LogP contribution in [0, 0.1) is 0 Å². The van der Waals surface area contributed by atoms with Crippen molar-refractivity contribution >= 4 is 67.0 Å². The van der Waals surface area contributed by atoms with Crippen molar-refractivity contribution < 1.29 is 0 Å². The number of pyridine rings is 2. The minimum Gasteiger partial charge on any atom is -0.228 e. The van der Waals surface area contributed by atoms with E-state index in [0.29, 0.717) is 22.8 Å². The lowest BCUT2D eigenvalue weighted by molar-refractivity contribution is 1.28. The number of para-hydroxylation sites is 2. The van der Waals surface area contributed by atoms with Gasteiger partial charge in [0.05, 0.1) is 22.2 Å². The van der Waals surface area contributed by atoms with Gasteiger partial charge in [0.2, 0.25) is 0 Å². The molecule has 2 aromatic carbocycles. The van der Waals surface area contributed by atoms with E-state index in [1.54, 1.807) is 0 Å². The van der Waals surface area contributed by atoms with Crippen molar-refractivity contribution in [3.63, 3.8) is 0 Å². The molecule has 0 saturated carbocycles. The minimum absolute atomic E-state index is 0.287. The lowest BCUT2D eigenvalue weighted by Crippen LogP contribution is -2.03. The van der Waals surface area contributed by atoms with Crippen molar-refractivity contribution in [2.24, 2.45) is 9.98 Å². The Bertz CT molecular complexity index is 1160. The lowest BCUT2D eigenvalue weighted by Gasteiger charge is -2.12. The molecule has 2 aromatic heterocycles. The molecule has 1 aliphatic rings. The zero-order valence-corrected chi connectivity index (χ0v) is 14.8. The third-order valence-electron chi connectivity index (χ3n) is 4.26. The predicted molar refractivity (Wildman–Crippen MR) is 108 cm³/mol. The van der Waals surface area contributed by atoms with Crippen LogP contribution in [0.2, 0.25) is 0 Å². The Morgan fingerprint density at radius 3 is 1.46 bits per heavy atom. The van der Waals surface area contributed by atoms with Gasteiger partial charge in [-0.05, 0) is 24.3 Å². The second-order valence-corrected chi connectivity index (χ2v) is 6.63. The Labute approximate surface area is 158 Å². The Kier molecular flexibility index (Phi) is 3.48. The van der Waals surface area contributed by atoms with Gasteiger partial charge in [-0.3, -0.25) is 0 Å². The summed E-state index contributed by atoms with van der Waals surface area (Å²) in [6.45, 7) is 0. The molecule has 26 heavy (non-hydrogen) atoms. The SMILES string of the molecule is Cl/C1=N/c2nc3ccccc3cc2/C(Cl)=N\c2nc3ccccc3cc21. The van der Waals surface area contributed by atoms with Crippen LogP contribution in [0.3, 0.4) is 0 Å².